The predicted molar refractivity (Wildman–Crippen MR) is 125 cm³/mol. The van der Waals surface area contributed by atoms with Crippen molar-refractivity contribution in [3.05, 3.63) is 70.7 Å². The third-order valence-corrected chi connectivity index (χ3v) is 7.52. The molecule has 1 aliphatic heterocycles. The van der Waals surface area contributed by atoms with Gasteiger partial charge < -0.3 is 15.3 Å². The van der Waals surface area contributed by atoms with Crippen molar-refractivity contribution in [2.24, 2.45) is 11.3 Å². The summed E-state index contributed by atoms with van der Waals surface area (Å²) in [5, 5.41) is 15.3. The number of hydrogen-bond donors (Lipinski definition) is 2. The van der Waals surface area contributed by atoms with Crippen molar-refractivity contribution < 1.29 is 14.7 Å². The van der Waals surface area contributed by atoms with Crippen molar-refractivity contribution in [3.63, 3.8) is 0 Å². The van der Waals surface area contributed by atoms with Crippen LogP contribution in [0.25, 0.3) is 0 Å². The van der Waals surface area contributed by atoms with Crippen LogP contribution < -0.4 is 5.32 Å². The van der Waals surface area contributed by atoms with E-state index in [2.05, 4.69) is 5.32 Å². The second kappa shape index (κ2) is 8.87. The fourth-order valence-corrected chi connectivity index (χ4v) is 5.40. The summed E-state index contributed by atoms with van der Waals surface area (Å²) in [5.41, 5.74) is -0.133. The molecule has 4 rings (SSSR count). The number of carbonyl (C=O) groups is 2. The lowest BCUT2D eigenvalue weighted by Gasteiger charge is -2.51. The average molecular weight is 455 g/mol. The van der Waals surface area contributed by atoms with Gasteiger partial charge in [-0.3, -0.25) is 9.59 Å². The van der Waals surface area contributed by atoms with Gasteiger partial charge in [-0.1, -0.05) is 62.2 Å². The maximum atomic E-state index is 13.5. The molecule has 32 heavy (non-hydrogen) atoms. The van der Waals surface area contributed by atoms with E-state index >= 15 is 0 Å². The maximum Gasteiger partial charge on any atom is 0.251 e. The summed E-state index contributed by atoms with van der Waals surface area (Å²) in [7, 11) is 0. The normalized spacial score (nSPS) is 27.2. The summed E-state index contributed by atoms with van der Waals surface area (Å²) in [6, 6.07) is 16.3. The Labute approximate surface area is 194 Å². The summed E-state index contributed by atoms with van der Waals surface area (Å²) in [5.74, 6) is -0.279. The highest BCUT2D eigenvalue weighted by atomic mass is 35.5. The molecule has 2 fully saturated rings. The van der Waals surface area contributed by atoms with Crippen molar-refractivity contribution in [1.29, 1.82) is 0 Å². The van der Waals surface area contributed by atoms with E-state index in [1.165, 1.54) is 0 Å². The molecule has 0 radical (unpaired) electrons. The van der Waals surface area contributed by atoms with Crippen LogP contribution in [-0.4, -0.2) is 41.0 Å². The van der Waals surface area contributed by atoms with E-state index in [1.807, 2.05) is 49.1 Å². The Kier molecular flexibility index (Phi) is 6.33. The van der Waals surface area contributed by atoms with Crippen molar-refractivity contribution in [2.75, 3.05) is 13.1 Å². The number of halogens is 1. The van der Waals surface area contributed by atoms with Gasteiger partial charge in [0.2, 0.25) is 5.91 Å². The molecule has 1 heterocycles. The Balaban J connectivity index is 1.45. The Hall–Kier alpha value is -2.37. The van der Waals surface area contributed by atoms with Crippen LogP contribution in [0.3, 0.4) is 0 Å². The van der Waals surface area contributed by atoms with Crippen LogP contribution in [0.15, 0.2) is 54.6 Å². The molecule has 1 saturated carbocycles. The van der Waals surface area contributed by atoms with Gasteiger partial charge in [-0.15, -0.1) is 0 Å². The predicted octanol–water partition coefficient (Wildman–Crippen LogP) is 4.38. The van der Waals surface area contributed by atoms with Crippen molar-refractivity contribution in [3.8, 4) is 0 Å². The van der Waals surface area contributed by atoms with E-state index in [4.69, 9.17) is 11.6 Å². The number of amides is 2. The average Bonchev–Trinajstić information content (AvgIpc) is 3.24. The molecule has 2 amide bonds. The van der Waals surface area contributed by atoms with E-state index in [1.54, 1.807) is 24.3 Å². The number of carbonyl (C=O) groups excluding carboxylic acids is 2. The van der Waals surface area contributed by atoms with Gasteiger partial charge in [0.15, 0.2) is 0 Å². The summed E-state index contributed by atoms with van der Waals surface area (Å²) in [6.45, 7) is 4.95. The second-order valence-corrected chi connectivity index (χ2v) is 10.2. The van der Waals surface area contributed by atoms with Crippen molar-refractivity contribution in [1.82, 2.24) is 10.2 Å². The molecule has 0 spiro atoms. The molecule has 2 aromatic rings. The van der Waals surface area contributed by atoms with Gasteiger partial charge in [0.1, 0.15) is 0 Å². The van der Waals surface area contributed by atoms with Gasteiger partial charge in [0.25, 0.3) is 5.91 Å². The molecule has 3 atom stereocenters. The number of likely N-dealkylation sites (tertiary alicyclic amines) is 1. The number of rotatable bonds is 4. The first-order chi connectivity index (χ1) is 15.2. The van der Waals surface area contributed by atoms with Crippen LogP contribution >= 0.6 is 11.6 Å². The number of benzene rings is 2. The molecule has 0 bridgehead atoms. The number of nitrogens with zero attached hydrogens (tertiary/aromatic N) is 1. The van der Waals surface area contributed by atoms with Crippen molar-refractivity contribution >= 4 is 23.4 Å². The van der Waals surface area contributed by atoms with E-state index in [0.29, 0.717) is 30.1 Å². The molecule has 2 aliphatic rings. The monoisotopic (exact) mass is 454 g/mol. The fraction of sp³-hybridized carbons (Fsp3) is 0.462. The minimum absolute atomic E-state index is 0.0760. The second-order valence-electron chi connectivity index (χ2n) is 9.74. The van der Waals surface area contributed by atoms with Crippen LogP contribution in [0.4, 0.5) is 0 Å². The zero-order valence-corrected chi connectivity index (χ0v) is 19.4. The molecular formula is C26H31ClN2O3. The molecule has 1 unspecified atom stereocenters. The van der Waals surface area contributed by atoms with Gasteiger partial charge >= 0.3 is 0 Å². The van der Waals surface area contributed by atoms with Gasteiger partial charge in [-0.2, -0.15) is 0 Å². The lowest BCUT2D eigenvalue weighted by Crippen LogP contribution is -2.58. The summed E-state index contributed by atoms with van der Waals surface area (Å²) in [4.78, 5) is 28.0. The van der Waals surface area contributed by atoms with E-state index in [0.717, 1.165) is 24.8 Å². The van der Waals surface area contributed by atoms with Gasteiger partial charge in [0, 0.05) is 35.1 Å². The highest BCUT2D eigenvalue weighted by molar-refractivity contribution is 6.30. The molecule has 2 aromatic carbocycles. The zero-order chi connectivity index (χ0) is 22.9. The van der Waals surface area contributed by atoms with Gasteiger partial charge in [-0.05, 0) is 49.1 Å². The molecule has 2 N–H and O–H groups in total. The lowest BCUT2D eigenvalue weighted by atomic mass is 9.66. The van der Waals surface area contributed by atoms with E-state index in [-0.39, 0.29) is 23.8 Å². The van der Waals surface area contributed by atoms with Crippen LogP contribution in [0.1, 0.15) is 55.5 Å². The first kappa shape index (κ1) is 22.8. The highest BCUT2D eigenvalue weighted by Crippen LogP contribution is 2.46. The van der Waals surface area contributed by atoms with Crippen LogP contribution in [0.5, 0.6) is 0 Å². The molecule has 1 saturated heterocycles. The Morgan fingerprint density at radius 2 is 1.75 bits per heavy atom. The largest absolute Gasteiger partial charge is 0.384 e. The van der Waals surface area contributed by atoms with Gasteiger partial charge in [-0.25, -0.2) is 0 Å². The Morgan fingerprint density at radius 1 is 1.06 bits per heavy atom. The molecule has 0 aromatic heterocycles. The number of nitrogens with one attached hydrogen (secondary N) is 1. The first-order valence-electron chi connectivity index (χ1n) is 11.3. The van der Waals surface area contributed by atoms with E-state index in [9.17, 15) is 14.7 Å². The smallest absolute Gasteiger partial charge is 0.251 e. The summed E-state index contributed by atoms with van der Waals surface area (Å²) >= 11 is 6.03. The molecule has 6 heteroatoms. The molecular weight excluding hydrogens is 424 g/mol. The number of piperidine rings is 1. The molecule has 170 valence electrons. The maximum absolute atomic E-state index is 13.5. The summed E-state index contributed by atoms with van der Waals surface area (Å²) < 4.78 is 0. The fourth-order valence-electron chi connectivity index (χ4n) is 5.28. The minimum Gasteiger partial charge on any atom is -0.384 e. The van der Waals surface area contributed by atoms with E-state index < -0.39 is 11.0 Å². The minimum atomic E-state index is -1.04. The Morgan fingerprint density at radius 3 is 2.41 bits per heavy atom. The van der Waals surface area contributed by atoms with Crippen LogP contribution in [0.2, 0.25) is 5.02 Å². The molecule has 5 nitrogen and oxygen atoms in total. The SMILES string of the molecule is CC1(C)CN(C(=O)[C@H]2CCC[C@H]2NC(=O)c2ccccc2)CCC1(O)c1ccc(Cl)cc1. The zero-order valence-electron chi connectivity index (χ0n) is 18.7. The summed E-state index contributed by atoms with van der Waals surface area (Å²) in [6.07, 6.45) is 2.96. The van der Waals surface area contributed by atoms with Crippen molar-refractivity contribution in [2.45, 2.75) is 51.2 Å². The first-order valence-corrected chi connectivity index (χ1v) is 11.7. The van der Waals surface area contributed by atoms with Crippen LogP contribution in [0, 0.1) is 11.3 Å². The van der Waals surface area contributed by atoms with Crippen LogP contribution in [-0.2, 0) is 10.4 Å². The molecule has 1 aliphatic carbocycles. The highest BCUT2D eigenvalue weighted by Gasteiger charge is 2.50. The third kappa shape index (κ3) is 4.28. The third-order valence-electron chi connectivity index (χ3n) is 7.27. The quantitative estimate of drug-likeness (QED) is 0.720. The standard InChI is InChI=1S/C26H31ClN2O3/c1-25(2)17-29(16-15-26(25,32)19-11-13-20(27)14-12-19)24(31)21-9-6-10-22(21)28-23(30)18-7-4-3-5-8-18/h3-5,7-8,11-14,21-22,32H,6,9-10,15-17H2,1-2H3,(H,28,30)/t21-,22+,26?/m0/s1. The van der Waals surface area contributed by atoms with Gasteiger partial charge in [0.05, 0.1) is 11.5 Å². The Bertz CT molecular complexity index is 976. The number of aliphatic hydroxyl groups is 1. The topological polar surface area (TPSA) is 69.6 Å². The lowest BCUT2D eigenvalue weighted by molar-refractivity contribution is -0.156. The number of hydrogen-bond acceptors (Lipinski definition) is 3.